The van der Waals surface area contributed by atoms with Gasteiger partial charge in [0.1, 0.15) is 23.0 Å². The molecule has 0 bridgehead atoms. The lowest BCUT2D eigenvalue weighted by atomic mass is 10.0. The number of benzene rings is 2. The number of nitrogens with zero attached hydrogens (tertiary/aromatic N) is 4. The minimum atomic E-state index is -3.81. The van der Waals surface area contributed by atoms with Gasteiger partial charge in [0.15, 0.2) is 11.5 Å². The molecule has 2 heterocycles. The zero-order valence-electron chi connectivity index (χ0n) is 20.6. The molecule has 0 atom stereocenters. The van der Waals surface area contributed by atoms with Crippen LogP contribution >= 0.6 is 0 Å². The first-order chi connectivity index (χ1) is 17.3. The average molecular weight is 512 g/mol. The van der Waals surface area contributed by atoms with E-state index in [0.717, 1.165) is 11.1 Å². The first kappa shape index (κ1) is 25.4. The van der Waals surface area contributed by atoms with E-state index in [-0.39, 0.29) is 24.0 Å². The highest BCUT2D eigenvalue weighted by atomic mass is 32.2. The maximum absolute atomic E-state index is 13.0. The van der Waals surface area contributed by atoms with Gasteiger partial charge in [0.2, 0.25) is 15.9 Å². The predicted octanol–water partition coefficient (Wildman–Crippen LogP) is 3.68. The summed E-state index contributed by atoms with van der Waals surface area (Å²) in [5.41, 5.74) is 2.25. The molecule has 190 valence electrons. The molecule has 10 nitrogen and oxygen atoms in total. The molecule has 0 amide bonds. The van der Waals surface area contributed by atoms with Gasteiger partial charge < -0.3 is 14.2 Å². The zero-order valence-corrected chi connectivity index (χ0v) is 21.4. The molecule has 0 unspecified atom stereocenters. The second-order valence-electron chi connectivity index (χ2n) is 8.24. The van der Waals surface area contributed by atoms with Crippen molar-refractivity contribution in [2.75, 3.05) is 26.9 Å². The fraction of sp³-hybridized carbons (Fsp3) is 0.320. The number of fused-ring (bicyclic) bond motifs is 1. The molecule has 4 rings (SSSR count). The van der Waals surface area contributed by atoms with Gasteiger partial charge in [0, 0.05) is 18.2 Å². The van der Waals surface area contributed by atoms with Gasteiger partial charge >= 0.3 is 0 Å². The minimum Gasteiger partial charge on any atom is -0.497 e. The minimum absolute atomic E-state index is 0.0461. The van der Waals surface area contributed by atoms with Crippen LogP contribution in [0.4, 0.5) is 0 Å². The van der Waals surface area contributed by atoms with Gasteiger partial charge in [-0.2, -0.15) is 4.52 Å². The summed E-state index contributed by atoms with van der Waals surface area (Å²) in [7, 11) is -2.22. The summed E-state index contributed by atoms with van der Waals surface area (Å²) in [6.45, 7) is 6.31. The summed E-state index contributed by atoms with van der Waals surface area (Å²) in [5, 5.41) is 12.8. The highest BCUT2D eigenvalue weighted by molar-refractivity contribution is 7.89. The number of hydrogen-bond acceptors (Lipinski definition) is 8. The van der Waals surface area contributed by atoms with Gasteiger partial charge in [-0.15, -0.1) is 15.3 Å². The quantitative estimate of drug-likeness (QED) is 0.303. The van der Waals surface area contributed by atoms with Crippen LogP contribution in [0, 0.1) is 0 Å². The number of hydrogen-bond donors (Lipinski definition) is 1. The van der Waals surface area contributed by atoms with Crippen molar-refractivity contribution in [1.82, 2.24) is 24.5 Å². The standard InChI is InChI=1S/C25H29N5O5S/c1-5-34-21-10-9-18(17(2)3)16-22(21)36(31,32)26-13-14-35-24-12-11-23-27-28-25(30(23)29-24)19-7-6-8-20(15-19)33-4/h6-12,15-17,26H,5,13-14H2,1-4H3. The van der Waals surface area contributed by atoms with Gasteiger partial charge in [0.25, 0.3) is 0 Å². The van der Waals surface area contributed by atoms with E-state index in [1.165, 1.54) is 0 Å². The number of nitrogens with one attached hydrogen (secondary N) is 1. The highest BCUT2D eigenvalue weighted by Gasteiger charge is 2.21. The van der Waals surface area contributed by atoms with Gasteiger partial charge in [-0.3, -0.25) is 0 Å². The molecular weight excluding hydrogens is 482 g/mol. The second kappa shape index (κ2) is 10.9. The Morgan fingerprint density at radius 2 is 1.86 bits per heavy atom. The Kier molecular flexibility index (Phi) is 7.70. The Bertz CT molecular complexity index is 1450. The number of rotatable bonds is 11. The molecule has 2 aromatic heterocycles. The third-order valence-electron chi connectivity index (χ3n) is 5.43. The Morgan fingerprint density at radius 1 is 1.03 bits per heavy atom. The van der Waals surface area contributed by atoms with E-state index in [0.29, 0.717) is 35.5 Å². The van der Waals surface area contributed by atoms with Crippen LogP contribution in [0.1, 0.15) is 32.3 Å². The molecule has 0 saturated carbocycles. The van der Waals surface area contributed by atoms with Crippen LogP contribution in [-0.4, -0.2) is 55.1 Å². The first-order valence-corrected chi connectivity index (χ1v) is 13.1. The van der Waals surface area contributed by atoms with E-state index in [9.17, 15) is 8.42 Å². The molecule has 0 aliphatic heterocycles. The normalized spacial score (nSPS) is 11.7. The van der Waals surface area contributed by atoms with Crippen LogP contribution in [0.2, 0.25) is 0 Å². The van der Waals surface area contributed by atoms with Gasteiger partial charge in [-0.25, -0.2) is 13.1 Å². The van der Waals surface area contributed by atoms with Crippen LogP contribution in [0.25, 0.3) is 17.0 Å². The van der Waals surface area contributed by atoms with Gasteiger partial charge in [-0.1, -0.05) is 32.0 Å². The predicted molar refractivity (Wildman–Crippen MR) is 135 cm³/mol. The van der Waals surface area contributed by atoms with Crippen molar-refractivity contribution in [3.05, 3.63) is 60.2 Å². The lowest BCUT2D eigenvalue weighted by molar-refractivity contribution is 0.305. The van der Waals surface area contributed by atoms with E-state index >= 15 is 0 Å². The summed E-state index contributed by atoms with van der Waals surface area (Å²) in [4.78, 5) is 0.113. The molecule has 0 radical (unpaired) electrons. The van der Waals surface area contributed by atoms with Crippen molar-refractivity contribution in [3.63, 3.8) is 0 Å². The van der Waals surface area contributed by atoms with Crippen molar-refractivity contribution in [2.24, 2.45) is 0 Å². The Hall–Kier alpha value is -3.70. The molecule has 0 aliphatic carbocycles. The molecule has 4 aromatic rings. The number of ether oxygens (including phenoxy) is 3. The molecule has 2 aromatic carbocycles. The lowest BCUT2D eigenvalue weighted by Gasteiger charge is -2.15. The van der Waals surface area contributed by atoms with Crippen LogP contribution in [0.5, 0.6) is 17.4 Å². The summed E-state index contributed by atoms with van der Waals surface area (Å²) in [6, 6.07) is 16.0. The monoisotopic (exact) mass is 511 g/mol. The van der Waals surface area contributed by atoms with Crippen LogP contribution in [0.15, 0.2) is 59.5 Å². The largest absolute Gasteiger partial charge is 0.497 e. The lowest BCUT2D eigenvalue weighted by Crippen LogP contribution is -2.29. The summed E-state index contributed by atoms with van der Waals surface area (Å²) in [6.07, 6.45) is 0. The molecule has 0 aliphatic rings. The zero-order chi connectivity index (χ0) is 25.7. The van der Waals surface area contributed by atoms with Gasteiger partial charge in [-0.05, 0) is 48.7 Å². The molecule has 11 heteroatoms. The summed E-state index contributed by atoms with van der Waals surface area (Å²) >= 11 is 0. The Labute approximate surface area is 210 Å². The third-order valence-corrected chi connectivity index (χ3v) is 6.92. The molecular formula is C25H29N5O5S. The van der Waals surface area contributed by atoms with Crippen LogP contribution in [0.3, 0.4) is 0 Å². The molecule has 36 heavy (non-hydrogen) atoms. The molecule has 0 spiro atoms. The Morgan fingerprint density at radius 3 is 2.61 bits per heavy atom. The van der Waals surface area contributed by atoms with Crippen molar-refractivity contribution in [2.45, 2.75) is 31.6 Å². The third kappa shape index (κ3) is 5.58. The first-order valence-electron chi connectivity index (χ1n) is 11.6. The number of aromatic nitrogens is 4. The van der Waals surface area contributed by atoms with Crippen molar-refractivity contribution in [3.8, 4) is 28.8 Å². The molecule has 0 saturated heterocycles. The summed E-state index contributed by atoms with van der Waals surface area (Å²) < 4.78 is 46.7. The van der Waals surface area contributed by atoms with Crippen molar-refractivity contribution in [1.29, 1.82) is 0 Å². The summed E-state index contributed by atoms with van der Waals surface area (Å²) in [5.74, 6) is 2.03. The van der Waals surface area contributed by atoms with Crippen molar-refractivity contribution >= 4 is 15.7 Å². The smallest absolute Gasteiger partial charge is 0.244 e. The highest BCUT2D eigenvalue weighted by Crippen LogP contribution is 2.28. The van der Waals surface area contributed by atoms with Crippen LogP contribution < -0.4 is 18.9 Å². The fourth-order valence-electron chi connectivity index (χ4n) is 3.57. The second-order valence-corrected chi connectivity index (χ2v) is 9.97. The van der Waals surface area contributed by atoms with Crippen molar-refractivity contribution < 1.29 is 22.6 Å². The maximum Gasteiger partial charge on any atom is 0.244 e. The SMILES string of the molecule is CCOc1ccc(C(C)C)cc1S(=O)(=O)NCCOc1ccc2nnc(-c3cccc(OC)c3)n2n1. The molecule has 0 fully saturated rings. The van der Waals surface area contributed by atoms with E-state index < -0.39 is 10.0 Å². The van der Waals surface area contributed by atoms with Crippen LogP contribution in [-0.2, 0) is 10.0 Å². The maximum atomic E-state index is 13.0. The van der Waals surface area contributed by atoms with E-state index in [4.69, 9.17) is 14.2 Å². The molecule has 1 N–H and O–H groups in total. The van der Waals surface area contributed by atoms with Gasteiger partial charge in [0.05, 0.1) is 13.7 Å². The number of sulfonamides is 1. The van der Waals surface area contributed by atoms with E-state index in [2.05, 4.69) is 20.0 Å². The topological polar surface area (TPSA) is 117 Å². The van der Waals surface area contributed by atoms with E-state index in [1.54, 1.807) is 35.9 Å². The number of methoxy groups -OCH3 is 1. The van der Waals surface area contributed by atoms with E-state index in [1.807, 2.05) is 51.1 Å². The average Bonchev–Trinajstić information content (AvgIpc) is 3.30. The Balaban J connectivity index is 1.46. The fourth-order valence-corrected chi connectivity index (χ4v) is 4.76.